The minimum atomic E-state index is -0.726. The van der Waals surface area contributed by atoms with Gasteiger partial charge >= 0.3 is 11.9 Å². The van der Waals surface area contributed by atoms with E-state index in [4.69, 9.17) is 4.74 Å². The van der Waals surface area contributed by atoms with Crippen LogP contribution >= 0.6 is 0 Å². The van der Waals surface area contributed by atoms with Crippen LogP contribution in [0.5, 0.6) is 5.75 Å². The van der Waals surface area contributed by atoms with Crippen molar-refractivity contribution in [3.8, 4) is 5.75 Å². The van der Waals surface area contributed by atoms with Gasteiger partial charge in [0.15, 0.2) is 0 Å². The molecular formula is C14H18O5. The molecule has 0 bridgehead atoms. The van der Waals surface area contributed by atoms with Crippen LogP contribution in [0.15, 0.2) is 24.3 Å². The highest BCUT2D eigenvalue weighted by atomic mass is 17.2. The number of benzene rings is 1. The number of carbonyl (C=O) groups is 2. The molecule has 5 heteroatoms. The molecule has 0 saturated carbocycles. The lowest BCUT2D eigenvalue weighted by atomic mass is 10.1. The third-order valence-electron chi connectivity index (χ3n) is 2.63. The van der Waals surface area contributed by atoms with E-state index in [1.807, 2.05) is 6.92 Å². The van der Waals surface area contributed by atoms with Gasteiger partial charge in [0.05, 0.1) is 18.6 Å². The second-order valence-electron chi connectivity index (χ2n) is 4.19. The lowest BCUT2D eigenvalue weighted by Gasteiger charge is -2.08. The fourth-order valence-electron chi connectivity index (χ4n) is 1.51. The molecule has 0 amide bonds. The number of hydrogen-bond donors (Lipinski definition) is 0. The van der Waals surface area contributed by atoms with E-state index in [-0.39, 0.29) is 11.5 Å². The molecule has 19 heavy (non-hydrogen) atoms. The molecule has 1 atom stereocenters. The summed E-state index contributed by atoms with van der Waals surface area (Å²) in [5.74, 6) is -1.03. The van der Waals surface area contributed by atoms with Crippen LogP contribution in [0.4, 0.5) is 0 Å². The van der Waals surface area contributed by atoms with Crippen LogP contribution in [-0.4, -0.2) is 19.0 Å². The third kappa shape index (κ3) is 4.62. The summed E-state index contributed by atoms with van der Waals surface area (Å²) in [6.45, 7) is 3.69. The van der Waals surface area contributed by atoms with E-state index in [0.29, 0.717) is 12.2 Å². The van der Waals surface area contributed by atoms with Gasteiger partial charge in [-0.1, -0.05) is 26.3 Å². The first-order valence-electron chi connectivity index (χ1n) is 6.15. The zero-order chi connectivity index (χ0) is 14.3. The van der Waals surface area contributed by atoms with Gasteiger partial charge in [0, 0.05) is 0 Å². The fourth-order valence-corrected chi connectivity index (χ4v) is 1.51. The highest BCUT2D eigenvalue weighted by Gasteiger charge is 2.18. The van der Waals surface area contributed by atoms with Crippen LogP contribution in [0.3, 0.4) is 0 Å². The Kier molecular flexibility index (Phi) is 5.85. The molecule has 0 fully saturated rings. The Morgan fingerprint density at radius 1 is 1.26 bits per heavy atom. The van der Waals surface area contributed by atoms with Crippen LogP contribution in [0, 0.1) is 5.92 Å². The predicted octanol–water partition coefficient (Wildman–Crippen LogP) is 2.75. The van der Waals surface area contributed by atoms with E-state index in [9.17, 15) is 9.59 Å². The second-order valence-corrected chi connectivity index (χ2v) is 4.19. The number of methoxy groups -OCH3 is 1. The summed E-state index contributed by atoms with van der Waals surface area (Å²) in [7, 11) is 1.50. The highest BCUT2D eigenvalue weighted by Crippen LogP contribution is 2.14. The second kappa shape index (κ2) is 7.41. The zero-order valence-corrected chi connectivity index (χ0v) is 11.3. The Labute approximate surface area is 112 Å². The Morgan fingerprint density at radius 3 is 2.63 bits per heavy atom. The van der Waals surface area contributed by atoms with Crippen molar-refractivity contribution in [2.45, 2.75) is 26.7 Å². The minimum Gasteiger partial charge on any atom is -0.497 e. The molecule has 104 valence electrons. The fraction of sp³-hybridized carbons (Fsp3) is 0.429. The van der Waals surface area contributed by atoms with Crippen LogP contribution in [0.2, 0.25) is 0 Å². The molecule has 0 spiro atoms. The van der Waals surface area contributed by atoms with Crippen LogP contribution in [0.1, 0.15) is 37.0 Å². The van der Waals surface area contributed by atoms with Crippen molar-refractivity contribution >= 4 is 11.9 Å². The lowest BCUT2D eigenvalue weighted by Crippen LogP contribution is -2.17. The first-order chi connectivity index (χ1) is 9.08. The zero-order valence-electron chi connectivity index (χ0n) is 11.3. The third-order valence-corrected chi connectivity index (χ3v) is 2.63. The molecule has 0 aromatic heterocycles. The monoisotopic (exact) mass is 266 g/mol. The Hall–Kier alpha value is -2.04. The van der Waals surface area contributed by atoms with Crippen LogP contribution in [-0.2, 0) is 14.6 Å². The summed E-state index contributed by atoms with van der Waals surface area (Å²) < 4.78 is 4.99. The van der Waals surface area contributed by atoms with Gasteiger partial charge in [0.1, 0.15) is 5.75 Å². The van der Waals surface area contributed by atoms with E-state index in [1.54, 1.807) is 25.1 Å². The van der Waals surface area contributed by atoms with Gasteiger partial charge in [-0.15, -0.1) is 0 Å². The molecule has 1 aromatic carbocycles. The van der Waals surface area contributed by atoms with Crippen molar-refractivity contribution in [1.82, 2.24) is 0 Å². The van der Waals surface area contributed by atoms with Gasteiger partial charge in [0.25, 0.3) is 0 Å². The Morgan fingerprint density at radius 2 is 2.00 bits per heavy atom. The molecule has 0 N–H and O–H groups in total. The molecule has 1 aromatic rings. The van der Waals surface area contributed by atoms with Crippen LogP contribution < -0.4 is 4.74 Å². The standard InChI is InChI=1S/C14H18O5/c1-4-6-10(2)13(15)18-19-14(16)11-7-5-8-12(9-11)17-3/h5,7-10H,4,6H2,1-3H3. The van der Waals surface area contributed by atoms with Crippen LogP contribution in [0.25, 0.3) is 0 Å². The summed E-state index contributed by atoms with van der Waals surface area (Å²) in [6, 6.07) is 6.41. The van der Waals surface area contributed by atoms with Gasteiger partial charge in [-0.2, -0.15) is 0 Å². The van der Waals surface area contributed by atoms with E-state index in [1.165, 1.54) is 13.2 Å². The number of carbonyl (C=O) groups excluding carboxylic acids is 2. The molecule has 0 aliphatic carbocycles. The summed E-state index contributed by atoms with van der Waals surface area (Å²) in [5.41, 5.74) is 0.260. The summed E-state index contributed by atoms with van der Waals surface area (Å²) in [4.78, 5) is 32.1. The van der Waals surface area contributed by atoms with Crippen molar-refractivity contribution in [1.29, 1.82) is 0 Å². The number of hydrogen-bond acceptors (Lipinski definition) is 5. The van der Waals surface area contributed by atoms with Crippen molar-refractivity contribution in [2.75, 3.05) is 7.11 Å². The van der Waals surface area contributed by atoms with Crippen molar-refractivity contribution in [3.63, 3.8) is 0 Å². The molecular weight excluding hydrogens is 248 g/mol. The van der Waals surface area contributed by atoms with Crippen molar-refractivity contribution in [2.24, 2.45) is 5.92 Å². The number of rotatable bonds is 5. The summed E-state index contributed by atoms with van der Waals surface area (Å²) >= 11 is 0. The summed E-state index contributed by atoms with van der Waals surface area (Å²) in [5, 5.41) is 0. The van der Waals surface area contributed by atoms with Gasteiger partial charge < -0.3 is 4.74 Å². The molecule has 0 aliphatic rings. The van der Waals surface area contributed by atoms with Gasteiger partial charge in [0.2, 0.25) is 0 Å². The maximum absolute atomic E-state index is 11.6. The van der Waals surface area contributed by atoms with Gasteiger partial charge in [-0.05, 0) is 24.6 Å². The molecule has 0 radical (unpaired) electrons. The topological polar surface area (TPSA) is 61.8 Å². The van der Waals surface area contributed by atoms with E-state index in [2.05, 4.69) is 9.78 Å². The first kappa shape index (κ1) is 15.0. The average Bonchev–Trinajstić information content (AvgIpc) is 2.44. The molecule has 0 aliphatic heterocycles. The SMILES string of the molecule is CCCC(C)C(=O)OOC(=O)c1cccc(OC)c1. The maximum Gasteiger partial charge on any atom is 0.386 e. The Balaban J connectivity index is 2.53. The highest BCUT2D eigenvalue weighted by molar-refractivity contribution is 5.90. The lowest BCUT2D eigenvalue weighted by molar-refractivity contribution is -0.238. The van der Waals surface area contributed by atoms with Crippen molar-refractivity contribution in [3.05, 3.63) is 29.8 Å². The normalized spacial score (nSPS) is 11.5. The Bertz CT molecular complexity index is 441. The largest absolute Gasteiger partial charge is 0.497 e. The van der Waals surface area contributed by atoms with Gasteiger partial charge in [-0.25, -0.2) is 19.4 Å². The summed E-state index contributed by atoms with van der Waals surface area (Å²) in [6.07, 6.45) is 1.55. The molecule has 0 saturated heterocycles. The molecule has 0 heterocycles. The number of ether oxygens (including phenoxy) is 1. The van der Waals surface area contributed by atoms with Gasteiger partial charge in [-0.3, -0.25) is 0 Å². The molecule has 1 unspecified atom stereocenters. The average molecular weight is 266 g/mol. The predicted molar refractivity (Wildman–Crippen MR) is 68.6 cm³/mol. The molecule has 1 rings (SSSR count). The van der Waals surface area contributed by atoms with Crippen molar-refractivity contribution < 1.29 is 24.1 Å². The quantitative estimate of drug-likeness (QED) is 0.605. The first-order valence-corrected chi connectivity index (χ1v) is 6.15. The van der Waals surface area contributed by atoms with E-state index < -0.39 is 11.9 Å². The minimum absolute atomic E-state index is 0.260. The van der Waals surface area contributed by atoms with E-state index >= 15 is 0 Å². The molecule has 5 nitrogen and oxygen atoms in total. The maximum atomic E-state index is 11.6. The van der Waals surface area contributed by atoms with E-state index in [0.717, 1.165) is 6.42 Å². The smallest absolute Gasteiger partial charge is 0.386 e.